The van der Waals surface area contributed by atoms with Crippen molar-refractivity contribution in [1.29, 1.82) is 0 Å². The molecule has 0 saturated heterocycles. The Bertz CT molecular complexity index is 2030. The third kappa shape index (κ3) is 7.17. The number of aromatic hydroxyl groups is 4. The number of para-hydroxylation sites is 2. The number of fused-ring (bicyclic) bond motifs is 8. The molecule has 0 heterocycles. The van der Waals surface area contributed by atoms with Crippen molar-refractivity contribution in [3.05, 3.63) is 164 Å². The summed E-state index contributed by atoms with van der Waals surface area (Å²) in [4.78, 5) is 0. The summed E-state index contributed by atoms with van der Waals surface area (Å²) in [5.74, 6) is 0.169. The second kappa shape index (κ2) is 14.0. The lowest BCUT2D eigenvalue weighted by Crippen LogP contribution is -2.00. The van der Waals surface area contributed by atoms with Crippen molar-refractivity contribution in [2.24, 2.45) is 20.5 Å². The monoisotopic (exact) mass is 700 g/mol. The van der Waals surface area contributed by atoms with Crippen molar-refractivity contribution in [1.82, 2.24) is 0 Å². The number of azo groups is 2. The molecule has 0 aliphatic heterocycles. The fourth-order valence-electron chi connectivity index (χ4n) is 6.06. The third-order valence-electron chi connectivity index (χ3n) is 8.65. The summed E-state index contributed by atoms with van der Waals surface area (Å²) in [7, 11) is 0. The minimum Gasteiger partial charge on any atom is -0.507 e. The quantitative estimate of drug-likeness (QED) is 0.136. The first-order valence-corrected chi connectivity index (χ1v) is 16.6. The molecular weight excluding hydrogens is 671 g/mol. The van der Waals surface area contributed by atoms with Crippen molar-refractivity contribution in [2.75, 3.05) is 0 Å². The fraction of sp³-hybridized carbons (Fsp3) is 0.100. The van der Waals surface area contributed by atoms with Gasteiger partial charge in [-0.05, 0) is 95.1 Å². The molecule has 1 aliphatic carbocycles. The van der Waals surface area contributed by atoms with Gasteiger partial charge in [0.25, 0.3) is 0 Å². The molecule has 6 aromatic carbocycles. The Balaban J connectivity index is 1.35. The molecule has 0 fully saturated rings. The molecule has 6 aromatic rings. The zero-order valence-corrected chi connectivity index (χ0v) is 28.1. The van der Waals surface area contributed by atoms with E-state index in [1.54, 1.807) is 97.1 Å². The molecule has 0 unspecified atom stereocenters. The largest absolute Gasteiger partial charge is 0.507 e. The van der Waals surface area contributed by atoms with Crippen molar-refractivity contribution in [3.8, 4) is 23.0 Å². The van der Waals surface area contributed by atoms with Crippen LogP contribution in [-0.2, 0) is 25.7 Å². The third-order valence-corrected chi connectivity index (χ3v) is 9.15. The second-order valence-corrected chi connectivity index (χ2v) is 13.0. The van der Waals surface area contributed by atoms with E-state index >= 15 is 0 Å². The van der Waals surface area contributed by atoms with Crippen LogP contribution < -0.4 is 0 Å². The van der Waals surface area contributed by atoms with E-state index in [2.05, 4.69) is 20.5 Å². The van der Waals surface area contributed by atoms with E-state index in [9.17, 15) is 20.4 Å². The Hall–Kier alpha value is -5.70. The van der Waals surface area contributed by atoms with Gasteiger partial charge >= 0.3 is 0 Å². The smallest absolute Gasteiger partial charge is 0.122 e. The van der Waals surface area contributed by atoms with Crippen LogP contribution in [0.4, 0.5) is 22.7 Å². The Morgan fingerprint density at radius 1 is 0.340 bits per heavy atom. The molecule has 7 rings (SSSR count). The van der Waals surface area contributed by atoms with E-state index in [1.165, 1.54) is 0 Å². The molecule has 8 nitrogen and oxygen atoms in total. The van der Waals surface area contributed by atoms with E-state index in [1.807, 2.05) is 12.1 Å². The lowest BCUT2D eigenvalue weighted by atomic mass is 9.91. The first-order chi connectivity index (χ1) is 24.2. The van der Waals surface area contributed by atoms with Gasteiger partial charge in [-0.15, -0.1) is 0 Å². The van der Waals surface area contributed by atoms with E-state index in [4.69, 9.17) is 23.2 Å². The summed E-state index contributed by atoms with van der Waals surface area (Å²) in [6.07, 6.45) is 0.728. The van der Waals surface area contributed by atoms with Gasteiger partial charge in [0.2, 0.25) is 0 Å². The second-order valence-electron chi connectivity index (χ2n) is 12.1. The van der Waals surface area contributed by atoms with Crippen molar-refractivity contribution in [3.63, 3.8) is 0 Å². The highest BCUT2D eigenvalue weighted by Gasteiger charge is 2.20. The zero-order valence-electron chi connectivity index (χ0n) is 26.6. The molecule has 0 saturated carbocycles. The summed E-state index contributed by atoms with van der Waals surface area (Å²) < 4.78 is 0. The van der Waals surface area contributed by atoms with Gasteiger partial charge in [0.15, 0.2) is 0 Å². The van der Waals surface area contributed by atoms with E-state index in [-0.39, 0.29) is 48.7 Å². The number of phenolic OH excluding ortho intramolecular Hbond substituents is 4. The van der Waals surface area contributed by atoms with Crippen molar-refractivity contribution < 1.29 is 20.4 Å². The van der Waals surface area contributed by atoms with Gasteiger partial charge in [-0.25, -0.2) is 0 Å². The van der Waals surface area contributed by atoms with Crippen molar-refractivity contribution in [2.45, 2.75) is 25.7 Å². The molecule has 0 amide bonds. The average Bonchev–Trinajstić information content (AvgIpc) is 3.11. The van der Waals surface area contributed by atoms with Gasteiger partial charge in [-0.2, -0.15) is 20.5 Å². The molecule has 248 valence electrons. The highest BCUT2D eigenvalue weighted by Crippen LogP contribution is 2.40. The highest BCUT2D eigenvalue weighted by molar-refractivity contribution is 6.30. The summed E-state index contributed by atoms with van der Waals surface area (Å²) in [5.41, 5.74) is 6.61. The number of halogens is 2. The summed E-state index contributed by atoms with van der Waals surface area (Å²) in [5, 5.41) is 65.0. The number of benzene rings is 6. The topological polar surface area (TPSA) is 130 Å². The number of rotatable bonds is 4. The molecule has 0 spiro atoms. The maximum Gasteiger partial charge on any atom is 0.122 e. The van der Waals surface area contributed by atoms with Gasteiger partial charge < -0.3 is 20.4 Å². The maximum absolute atomic E-state index is 11.6. The minimum absolute atomic E-state index is 0.0377. The summed E-state index contributed by atoms with van der Waals surface area (Å²) in [6, 6.07) is 31.7. The van der Waals surface area contributed by atoms with E-state index in [0.717, 1.165) is 0 Å². The van der Waals surface area contributed by atoms with Crippen LogP contribution >= 0.6 is 23.2 Å². The minimum atomic E-state index is 0.0377. The van der Waals surface area contributed by atoms with Crippen LogP contribution in [-0.4, -0.2) is 20.4 Å². The molecule has 10 heteroatoms. The predicted octanol–water partition coefficient (Wildman–Crippen LogP) is 11.3. The molecule has 0 aromatic heterocycles. The summed E-state index contributed by atoms with van der Waals surface area (Å²) in [6.45, 7) is 0. The Morgan fingerprint density at radius 2 is 0.600 bits per heavy atom. The van der Waals surface area contributed by atoms with Crippen LogP contribution in [0.2, 0.25) is 10.0 Å². The Labute approximate surface area is 298 Å². The molecule has 0 atom stereocenters. The molecule has 8 bridgehead atoms. The standard InChI is InChI=1S/C40H30Cl2N4O4/c41-31-7-11-33(12-8-31)43-45-35-19-27-15-23-3-1-4-24(37(23)47)16-28-20-36(46-44-34-13-9-32(42)10-14-34)22-30(40(28)50)18-26-6-2-5-25(38(26)48)17-29(21-35)39(27)49/h1-14,19-22,47-50H,15-18H2. The number of phenols is 4. The first kappa shape index (κ1) is 32.8. The SMILES string of the molecule is Oc1c2cccc1Cc1cc(N=Nc3ccc(Cl)cc3)cc(c1O)Cc1cccc(c1O)Cc1cc(N=Nc3ccc(Cl)cc3)cc(c1O)C2. The van der Waals surface area contributed by atoms with Crippen LogP contribution in [0.15, 0.2) is 130 Å². The van der Waals surface area contributed by atoms with E-state index in [0.29, 0.717) is 77.3 Å². The number of hydrogen-bond acceptors (Lipinski definition) is 8. The van der Waals surface area contributed by atoms with E-state index < -0.39 is 0 Å². The summed E-state index contributed by atoms with van der Waals surface area (Å²) >= 11 is 12.1. The van der Waals surface area contributed by atoms with Gasteiger partial charge in [0.1, 0.15) is 23.0 Å². The van der Waals surface area contributed by atoms with Gasteiger partial charge in [0, 0.05) is 58.0 Å². The van der Waals surface area contributed by atoms with Crippen LogP contribution in [0, 0.1) is 0 Å². The molecule has 0 radical (unpaired) electrons. The fourth-order valence-corrected chi connectivity index (χ4v) is 6.32. The Morgan fingerprint density at radius 3 is 0.900 bits per heavy atom. The molecule has 50 heavy (non-hydrogen) atoms. The zero-order chi connectivity index (χ0) is 34.8. The van der Waals surface area contributed by atoms with Gasteiger partial charge in [0.05, 0.1) is 22.7 Å². The molecule has 1 aliphatic rings. The normalized spacial score (nSPS) is 12.8. The lowest BCUT2D eigenvalue weighted by molar-refractivity contribution is 0.450. The van der Waals surface area contributed by atoms with Crippen LogP contribution in [0.3, 0.4) is 0 Å². The number of hydrogen-bond donors (Lipinski definition) is 4. The van der Waals surface area contributed by atoms with Crippen molar-refractivity contribution >= 4 is 46.0 Å². The van der Waals surface area contributed by atoms with Crippen LogP contribution in [0.1, 0.15) is 44.5 Å². The van der Waals surface area contributed by atoms with Gasteiger partial charge in [-0.1, -0.05) is 59.6 Å². The Kier molecular flexibility index (Phi) is 9.21. The molecule has 4 N–H and O–H groups in total. The highest BCUT2D eigenvalue weighted by atomic mass is 35.5. The average molecular weight is 702 g/mol. The van der Waals surface area contributed by atoms with Crippen LogP contribution in [0.25, 0.3) is 0 Å². The first-order valence-electron chi connectivity index (χ1n) is 15.8. The van der Waals surface area contributed by atoms with Gasteiger partial charge in [-0.3, -0.25) is 0 Å². The van der Waals surface area contributed by atoms with Crippen LogP contribution in [0.5, 0.6) is 23.0 Å². The lowest BCUT2D eigenvalue weighted by Gasteiger charge is -2.17. The molecular formula is C40H30Cl2N4O4. The maximum atomic E-state index is 11.6. The number of nitrogens with zero attached hydrogens (tertiary/aromatic N) is 4. The predicted molar refractivity (Wildman–Crippen MR) is 195 cm³/mol.